The van der Waals surface area contributed by atoms with Crippen LogP contribution in [0.5, 0.6) is 5.75 Å². The fourth-order valence-electron chi connectivity index (χ4n) is 3.50. The maximum absolute atomic E-state index is 5.63. The molecule has 0 aliphatic carbocycles. The second-order valence-corrected chi connectivity index (χ2v) is 7.48. The average molecular weight is 532 g/mol. The summed E-state index contributed by atoms with van der Waals surface area (Å²) in [5.74, 6) is 2.48. The van der Waals surface area contributed by atoms with Gasteiger partial charge in [0.2, 0.25) is 5.89 Å². The number of oxazole rings is 1. The molecule has 0 bridgehead atoms. The van der Waals surface area contributed by atoms with Crippen molar-refractivity contribution in [3.8, 4) is 17.2 Å². The first-order chi connectivity index (χ1) is 14.7. The van der Waals surface area contributed by atoms with Gasteiger partial charge in [-0.25, -0.2) is 4.98 Å². The van der Waals surface area contributed by atoms with Crippen molar-refractivity contribution in [2.75, 3.05) is 26.7 Å². The number of halogens is 1. The highest BCUT2D eigenvalue weighted by Crippen LogP contribution is 2.25. The van der Waals surface area contributed by atoms with Crippen LogP contribution >= 0.6 is 24.0 Å². The fourth-order valence-corrected chi connectivity index (χ4v) is 3.50. The van der Waals surface area contributed by atoms with Gasteiger partial charge in [-0.05, 0) is 42.7 Å². The van der Waals surface area contributed by atoms with Gasteiger partial charge in [0.25, 0.3) is 0 Å². The van der Waals surface area contributed by atoms with Crippen LogP contribution in [0.4, 0.5) is 0 Å². The van der Waals surface area contributed by atoms with E-state index < -0.39 is 0 Å². The molecule has 2 heterocycles. The Bertz CT molecular complexity index is 1010. The molecule has 4 rings (SSSR count). The van der Waals surface area contributed by atoms with Crippen molar-refractivity contribution < 1.29 is 9.15 Å². The van der Waals surface area contributed by atoms with Crippen LogP contribution in [0, 0.1) is 6.92 Å². The molecule has 0 saturated heterocycles. The van der Waals surface area contributed by atoms with Gasteiger partial charge in [0.05, 0.1) is 12.3 Å². The molecule has 6 nitrogen and oxygen atoms in total. The van der Waals surface area contributed by atoms with E-state index >= 15 is 0 Å². The van der Waals surface area contributed by atoms with Crippen molar-refractivity contribution >= 4 is 29.9 Å². The second-order valence-electron chi connectivity index (χ2n) is 7.48. The Morgan fingerprint density at radius 1 is 1.06 bits per heavy atom. The van der Waals surface area contributed by atoms with Crippen LogP contribution in [0.15, 0.2) is 58.1 Å². The third kappa shape index (κ3) is 6.22. The third-order valence-electron chi connectivity index (χ3n) is 5.21. The van der Waals surface area contributed by atoms with E-state index in [0.717, 1.165) is 61.9 Å². The highest BCUT2D eigenvalue weighted by molar-refractivity contribution is 14.0. The number of fused-ring (bicyclic) bond motifs is 1. The minimum Gasteiger partial charge on any atom is -0.493 e. The Morgan fingerprint density at radius 2 is 1.84 bits per heavy atom. The Labute approximate surface area is 200 Å². The molecule has 2 N–H and O–H groups in total. The summed E-state index contributed by atoms with van der Waals surface area (Å²) < 4.78 is 11.2. The molecule has 0 saturated carbocycles. The molecule has 0 amide bonds. The van der Waals surface area contributed by atoms with Gasteiger partial charge in [-0.3, -0.25) is 4.99 Å². The quantitative estimate of drug-likeness (QED) is 0.272. The molecule has 0 unspecified atom stereocenters. The van der Waals surface area contributed by atoms with E-state index in [2.05, 4.69) is 57.9 Å². The number of aromatic nitrogens is 1. The first-order valence-corrected chi connectivity index (χ1v) is 10.4. The van der Waals surface area contributed by atoms with Crippen LogP contribution in [0.3, 0.4) is 0 Å². The number of hydrogen-bond donors (Lipinski definition) is 2. The summed E-state index contributed by atoms with van der Waals surface area (Å²) in [6, 6.07) is 14.6. The van der Waals surface area contributed by atoms with Crippen LogP contribution in [-0.4, -0.2) is 37.7 Å². The Hall–Kier alpha value is -2.55. The summed E-state index contributed by atoms with van der Waals surface area (Å²) in [5, 5.41) is 6.71. The van der Waals surface area contributed by atoms with Crippen molar-refractivity contribution in [3.05, 3.63) is 71.1 Å². The van der Waals surface area contributed by atoms with Gasteiger partial charge in [-0.15, -0.1) is 24.0 Å². The van der Waals surface area contributed by atoms with Crippen molar-refractivity contribution in [1.29, 1.82) is 0 Å². The first-order valence-electron chi connectivity index (χ1n) is 10.4. The molecule has 0 fully saturated rings. The lowest BCUT2D eigenvalue weighted by Gasteiger charge is -2.11. The van der Waals surface area contributed by atoms with E-state index in [1.54, 1.807) is 13.3 Å². The van der Waals surface area contributed by atoms with Gasteiger partial charge in [-0.1, -0.05) is 29.8 Å². The van der Waals surface area contributed by atoms with E-state index in [4.69, 9.17) is 9.15 Å². The summed E-state index contributed by atoms with van der Waals surface area (Å²) in [4.78, 5) is 8.89. The molecule has 3 aromatic rings. The molecule has 31 heavy (non-hydrogen) atoms. The van der Waals surface area contributed by atoms with E-state index in [0.29, 0.717) is 5.89 Å². The molecular weight excluding hydrogens is 503 g/mol. The molecule has 1 aromatic heterocycles. The number of ether oxygens (including phenoxy) is 1. The third-order valence-corrected chi connectivity index (χ3v) is 5.21. The molecule has 0 radical (unpaired) electrons. The standard InChI is InChI=1S/C24H28N4O2.HI/c1-17-3-6-19(7-4-17)23-28-21(16-30-23)10-13-27-24(25-2)26-12-9-18-5-8-22-20(15-18)11-14-29-22;/h3-8,15-16H,9-14H2,1-2H3,(H2,25,26,27);1H. The van der Waals surface area contributed by atoms with E-state index in [-0.39, 0.29) is 24.0 Å². The molecule has 164 valence electrons. The van der Waals surface area contributed by atoms with Crippen molar-refractivity contribution in [2.45, 2.75) is 26.2 Å². The SMILES string of the molecule is CN=C(NCCc1ccc2c(c1)CCO2)NCCc1coc(-c2ccc(C)cc2)n1.I. The molecule has 7 heteroatoms. The summed E-state index contributed by atoms with van der Waals surface area (Å²) in [7, 11) is 1.79. The highest BCUT2D eigenvalue weighted by atomic mass is 127. The molecule has 0 atom stereocenters. The lowest BCUT2D eigenvalue weighted by Crippen LogP contribution is -2.39. The second kappa shape index (κ2) is 11.2. The fraction of sp³-hybridized carbons (Fsp3) is 0.333. The number of aryl methyl sites for hydroxylation is 1. The Morgan fingerprint density at radius 3 is 2.61 bits per heavy atom. The summed E-state index contributed by atoms with van der Waals surface area (Å²) in [5.41, 5.74) is 5.77. The van der Waals surface area contributed by atoms with Crippen LogP contribution < -0.4 is 15.4 Å². The number of guanidine groups is 1. The Balaban J connectivity index is 0.00000272. The number of aliphatic imine (C=N–C) groups is 1. The molecular formula is C24H29IN4O2. The molecule has 0 spiro atoms. The number of nitrogens with one attached hydrogen (secondary N) is 2. The largest absolute Gasteiger partial charge is 0.493 e. The zero-order chi connectivity index (χ0) is 20.8. The Kier molecular flexibility index (Phi) is 8.34. The van der Waals surface area contributed by atoms with Gasteiger partial charge in [0.1, 0.15) is 12.0 Å². The van der Waals surface area contributed by atoms with E-state index in [9.17, 15) is 0 Å². The van der Waals surface area contributed by atoms with Crippen LogP contribution in [0.25, 0.3) is 11.5 Å². The zero-order valence-corrected chi connectivity index (χ0v) is 20.3. The van der Waals surface area contributed by atoms with Crippen LogP contribution in [-0.2, 0) is 19.3 Å². The van der Waals surface area contributed by atoms with E-state index in [1.807, 2.05) is 12.1 Å². The smallest absolute Gasteiger partial charge is 0.226 e. The topological polar surface area (TPSA) is 71.7 Å². The summed E-state index contributed by atoms with van der Waals surface area (Å²) in [6.07, 6.45) is 4.44. The van der Waals surface area contributed by atoms with Crippen molar-refractivity contribution in [3.63, 3.8) is 0 Å². The lowest BCUT2D eigenvalue weighted by atomic mass is 10.1. The normalized spacial score (nSPS) is 12.6. The van der Waals surface area contributed by atoms with Gasteiger partial charge < -0.3 is 19.8 Å². The average Bonchev–Trinajstić information content (AvgIpc) is 3.42. The number of benzene rings is 2. The van der Waals surface area contributed by atoms with E-state index in [1.165, 1.54) is 16.7 Å². The predicted molar refractivity (Wildman–Crippen MR) is 135 cm³/mol. The number of nitrogens with zero attached hydrogens (tertiary/aromatic N) is 2. The first kappa shape index (κ1) is 23.1. The zero-order valence-electron chi connectivity index (χ0n) is 18.0. The van der Waals surface area contributed by atoms with Gasteiger partial charge in [-0.2, -0.15) is 0 Å². The minimum atomic E-state index is 0. The van der Waals surface area contributed by atoms with Crippen molar-refractivity contribution in [1.82, 2.24) is 15.6 Å². The number of hydrogen-bond acceptors (Lipinski definition) is 4. The summed E-state index contributed by atoms with van der Waals surface area (Å²) in [6.45, 7) is 4.42. The van der Waals surface area contributed by atoms with Crippen LogP contribution in [0.2, 0.25) is 0 Å². The lowest BCUT2D eigenvalue weighted by molar-refractivity contribution is 0.357. The highest BCUT2D eigenvalue weighted by Gasteiger charge is 2.12. The maximum Gasteiger partial charge on any atom is 0.226 e. The minimum absolute atomic E-state index is 0. The van der Waals surface area contributed by atoms with Crippen LogP contribution in [0.1, 0.15) is 22.4 Å². The predicted octanol–water partition coefficient (Wildman–Crippen LogP) is 4.15. The number of rotatable bonds is 7. The summed E-state index contributed by atoms with van der Waals surface area (Å²) >= 11 is 0. The molecule has 2 aromatic carbocycles. The molecule has 1 aliphatic rings. The molecule has 1 aliphatic heterocycles. The van der Waals surface area contributed by atoms with Gasteiger partial charge in [0.15, 0.2) is 5.96 Å². The van der Waals surface area contributed by atoms with Gasteiger partial charge in [0, 0.05) is 38.5 Å². The van der Waals surface area contributed by atoms with Gasteiger partial charge >= 0.3 is 0 Å². The maximum atomic E-state index is 5.63. The van der Waals surface area contributed by atoms with Crippen molar-refractivity contribution in [2.24, 2.45) is 4.99 Å². The monoisotopic (exact) mass is 532 g/mol.